The van der Waals surface area contributed by atoms with Gasteiger partial charge in [0.05, 0.1) is 5.69 Å². The minimum atomic E-state index is -0.494. The van der Waals surface area contributed by atoms with E-state index >= 15 is 0 Å². The number of hydrogen-bond acceptors (Lipinski definition) is 3. The van der Waals surface area contributed by atoms with Gasteiger partial charge in [0, 0.05) is 17.7 Å². The van der Waals surface area contributed by atoms with Crippen LogP contribution in [-0.2, 0) is 13.0 Å². The number of ether oxygens (including phenoxy) is 1. The molecule has 0 radical (unpaired) electrons. The summed E-state index contributed by atoms with van der Waals surface area (Å²) in [7, 11) is 0. The first-order valence-electron chi connectivity index (χ1n) is 6.33. The van der Waals surface area contributed by atoms with Gasteiger partial charge >= 0.3 is 0 Å². The largest absolute Gasteiger partial charge is 0.487 e. The third-order valence-corrected chi connectivity index (χ3v) is 2.84. The summed E-state index contributed by atoms with van der Waals surface area (Å²) >= 11 is 0. The third kappa shape index (κ3) is 3.51. The molecule has 0 aliphatic heterocycles. The summed E-state index contributed by atoms with van der Waals surface area (Å²) in [5, 5.41) is 0. The SMILES string of the molecule is Cc1ccc(OCc2cc(F)ccc2F)c(CCN)n1. The molecule has 3 nitrogen and oxygen atoms in total. The van der Waals surface area contributed by atoms with Gasteiger partial charge in [-0.3, -0.25) is 4.98 Å². The third-order valence-electron chi connectivity index (χ3n) is 2.84. The average Bonchev–Trinajstić information content (AvgIpc) is 2.42. The summed E-state index contributed by atoms with van der Waals surface area (Å²) in [5.41, 5.74) is 7.28. The first kappa shape index (κ1) is 14.4. The van der Waals surface area contributed by atoms with E-state index in [1.807, 2.05) is 6.92 Å². The fourth-order valence-electron chi connectivity index (χ4n) is 1.85. The molecule has 5 heteroatoms. The van der Waals surface area contributed by atoms with Crippen molar-refractivity contribution >= 4 is 0 Å². The normalized spacial score (nSPS) is 10.6. The lowest BCUT2D eigenvalue weighted by molar-refractivity contribution is 0.294. The summed E-state index contributed by atoms with van der Waals surface area (Å²) < 4.78 is 32.1. The minimum absolute atomic E-state index is 0.0497. The van der Waals surface area contributed by atoms with Crippen LogP contribution < -0.4 is 10.5 Å². The Morgan fingerprint density at radius 2 is 2.00 bits per heavy atom. The van der Waals surface area contributed by atoms with Gasteiger partial charge in [-0.1, -0.05) is 0 Å². The maximum absolute atomic E-state index is 13.5. The Balaban J connectivity index is 2.16. The molecule has 0 unspecified atom stereocenters. The highest BCUT2D eigenvalue weighted by atomic mass is 19.1. The van der Waals surface area contributed by atoms with E-state index in [0.29, 0.717) is 18.7 Å². The van der Waals surface area contributed by atoms with Gasteiger partial charge < -0.3 is 10.5 Å². The van der Waals surface area contributed by atoms with Crippen molar-refractivity contribution in [3.8, 4) is 5.75 Å². The second-order valence-electron chi connectivity index (χ2n) is 4.46. The molecule has 0 bridgehead atoms. The standard InChI is InChI=1S/C15H16F2N2O/c1-10-2-5-15(14(19-10)6-7-18)20-9-11-8-12(16)3-4-13(11)17/h2-5,8H,6-7,9,18H2,1H3. The molecule has 2 rings (SSSR count). The van der Waals surface area contributed by atoms with Crippen molar-refractivity contribution in [1.29, 1.82) is 0 Å². The average molecular weight is 278 g/mol. The molecule has 0 fully saturated rings. The van der Waals surface area contributed by atoms with Crippen molar-refractivity contribution in [3.63, 3.8) is 0 Å². The Labute approximate surface area is 116 Å². The molecule has 0 amide bonds. The molecule has 0 atom stereocenters. The lowest BCUT2D eigenvalue weighted by Gasteiger charge is -2.11. The number of aryl methyl sites for hydroxylation is 1. The van der Waals surface area contributed by atoms with Crippen LogP contribution in [0.2, 0.25) is 0 Å². The second-order valence-corrected chi connectivity index (χ2v) is 4.46. The molecule has 2 aromatic rings. The Hall–Kier alpha value is -2.01. The molecule has 106 valence electrons. The molecule has 0 saturated heterocycles. The fraction of sp³-hybridized carbons (Fsp3) is 0.267. The maximum atomic E-state index is 13.5. The van der Waals surface area contributed by atoms with E-state index in [1.54, 1.807) is 12.1 Å². The van der Waals surface area contributed by atoms with Gasteiger partial charge in [0.1, 0.15) is 24.0 Å². The van der Waals surface area contributed by atoms with E-state index in [-0.39, 0.29) is 12.2 Å². The summed E-state index contributed by atoms with van der Waals surface area (Å²) in [6.45, 7) is 2.27. The summed E-state index contributed by atoms with van der Waals surface area (Å²) in [6, 6.07) is 6.86. The van der Waals surface area contributed by atoms with E-state index in [4.69, 9.17) is 10.5 Å². The lowest BCUT2D eigenvalue weighted by atomic mass is 10.2. The van der Waals surface area contributed by atoms with Crippen molar-refractivity contribution in [2.75, 3.05) is 6.54 Å². The molecular formula is C15H16F2N2O. The predicted octanol–water partition coefficient (Wildman–Crippen LogP) is 2.75. The van der Waals surface area contributed by atoms with E-state index < -0.39 is 11.6 Å². The van der Waals surface area contributed by atoms with Crippen LogP contribution in [0.3, 0.4) is 0 Å². The Morgan fingerprint density at radius 1 is 1.20 bits per heavy atom. The molecule has 0 aliphatic rings. The summed E-state index contributed by atoms with van der Waals surface area (Å²) in [6.07, 6.45) is 0.572. The van der Waals surface area contributed by atoms with Crippen LogP contribution in [0.1, 0.15) is 17.0 Å². The molecule has 0 spiro atoms. The van der Waals surface area contributed by atoms with Gasteiger partial charge in [0.25, 0.3) is 0 Å². The van der Waals surface area contributed by atoms with E-state index in [9.17, 15) is 8.78 Å². The monoisotopic (exact) mass is 278 g/mol. The van der Waals surface area contributed by atoms with Gasteiger partial charge in [-0.2, -0.15) is 0 Å². The summed E-state index contributed by atoms with van der Waals surface area (Å²) in [4.78, 5) is 4.34. The highest BCUT2D eigenvalue weighted by molar-refractivity contribution is 5.30. The molecule has 2 N–H and O–H groups in total. The minimum Gasteiger partial charge on any atom is -0.487 e. The zero-order valence-electron chi connectivity index (χ0n) is 11.2. The van der Waals surface area contributed by atoms with Crippen LogP contribution >= 0.6 is 0 Å². The second kappa shape index (κ2) is 6.43. The van der Waals surface area contributed by atoms with Crippen LogP contribution in [0, 0.1) is 18.6 Å². The van der Waals surface area contributed by atoms with E-state index in [1.165, 1.54) is 0 Å². The molecule has 1 heterocycles. The van der Waals surface area contributed by atoms with E-state index in [2.05, 4.69) is 4.98 Å². The zero-order valence-corrected chi connectivity index (χ0v) is 11.2. The van der Waals surface area contributed by atoms with Crippen molar-refractivity contribution in [2.45, 2.75) is 20.0 Å². The number of nitrogens with zero attached hydrogens (tertiary/aromatic N) is 1. The highest BCUT2D eigenvalue weighted by Gasteiger charge is 2.08. The molecule has 0 aliphatic carbocycles. The van der Waals surface area contributed by atoms with Gasteiger partial charge in [0.15, 0.2) is 0 Å². The smallest absolute Gasteiger partial charge is 0.141 e. The van der Waals surface area contributed by atoms with Crippen molar-refractivity contribution < 1.29 is 13.5 Å². The van der Waals surface area contributed by atoms with Crippen LogP contribution in [0.4, 0.5) is 8.78 Å². The van der Waals surface area contributed by atoms with Gasteiger partial charge in [-0.15, -0.1) is 0 Å². The van der Waals surface area contributed by atoms with Crippen LogP contribution in [0.15, 0.2) is 30.3 Å². The van der Waals surface area contributed by atoms with Crippen molar-refractivity contribution in [2.24, 2.45) is 5.73 Å². The molecular weight excluding hydrogens is 262 g/mol. The van der Waals surface area contributed by atoms with Crippen molar-refractivity contribution in [1.82, 2.24) is 4.98 Å². The molecule has 1 aromatic carbocycles. The van der Waals surface area contributed by atoms with Crippen LogP contribution in [-0.4, -0.2) is 11.5 Å². The van der Waals surface area contributed by atoms with Crippen LogP contribution in [0.25, 0.3) is 0 Å². The van der Waals surface area contributed by atoms with Gasteiger partial charge in [0.2, 0.25) is 0 Å². The fourth-order valence-corrected chi connectivity index (χ4v) is 1.85. The first-order valence-corrected chi connectivity index (χ1v) is 6.33. The Bertz CT molecular complexity index is 602. The van der Waals surface area contributed by atoms with Gasteiger partial charge in [-0.25, -0.2) is 8.78 Å². The number of halogens is 2. The quantitative estimate of drug-likeness (QED) is 0.914. The van der Waals surface area contributed by atoms with Crippen molar-refractivity contribution in [3.05, 3.63) is 58.9 Å². The van der Waals surface area contributed by atoms with Crippen LogP contribution in [0.5, 0.6) is 5.75 Å². The van der Waals surface area contributed by atoms with Gasteiger partial charge in [-0.05, 0) is 43.8 Å². The Kier molecular flexibility index (Phi) is 4.63. The molecule has 0 saturated carbocycles. The first-order chi connectivity index (χ1) is 9.60. The Morgan fingerprint density at radius 3 is 2.75 bits per heavy atom. The number of rotatable bonds is 5. The number of benzene rings is 1. The summed E-state index contributed by atoms with van der Waals surface area (Å²) in [5.74, 6) is -0.439. The number of hydrogen-bond donors (Lipinski definition) is 1. The number of nitrogens with two attached hydrogens (primary N) is 1. The number of pyridine rings is 1. The zero-order chi connectivity index (χ0) is 14.5. The topological polar surface area (TPSA) is 48.1 Å². The number of aromatic nitrogens is 1. The lowest BCUT2D eigenvalue weighted by Crippen LogP contribution is -2.08. The maximum Gasteiger partial charge on any atom is 0.141 e. The predicted molar refractivity (Wildman–Crippen MR) is 72.4 cm³/mol. The van der Waals surface area contributed by atoms with E-state index in [0.717, 1.165) is 29.6 Å². The molecule has 1 aromatic heterocycles. The highest BCUT2D eigenvalue weighted by Crippen LogP contribution is 2.20. The molecule has 20 heavy (non-hydrogen) atoms.